The lowest BCUT2D eigenvalue weighted by Gasteiger charge is -2.17. The van der Waals surface area contributed by atoms with Gasteiger partial charge in [0.1, 0.15) is 5.82 Å². The van der Waals surface area contributed by atoms with Gasteiger partial charge in [-0.05, 0) is 49.2 Å². The van der Waals surface area contributed by atoms with Gasteiger partial charge in [-0.3, -0.25) is 9.69 Å². The number of carbonyl (C=O) groups is 1. The Morgan fingerprint density at radius 1 is 1.04 bits per heavy atom. The number of likely N-dealkylation sites (tertiary alicyclic amines) is 1. The van der Waals surface area contributed by atoms with Crippen molar-refractivity contribution in [3.05, 3.63) is 77.1 Å². The van der Waals surface area contributed by atoms with Crippen LogP contribution in [0.3, 0.4) is 0 Å². The van der Waals surface area contributed by atoms with Crippen LogP contribution in [-0.2, 0) is 17.9 Å². The molecule has 25 heavy (non-hydrogen) atoms. The van der Waals surface area contributed by atoms with Gasteiger partial charge >= 0.3 is 0 Å². The normalized spacial score (nSPS) is 14.9. The monoisotopic (exact) mass is 338 g/mol. The van der Waals surface area contributed by atoms with Crippen LogP contribution in [0.25, 0.3) is 6.08 Å². The van der Waals surface area contributed by atoms with Crippen LogP contribution in [0.1, 0.15) is 29.5 Å². The zero-order valence-electron chi connectivity index (χ0n) is 14.2. The molecule has 1 N–H and O–H groups in total. The molecule has 0 atom stereocenters. The third kappa shape index (κ3) is 5.00. The zero-order valence-corrected chi connectivity index (χ0v) is 14.2. The summed E-state index contributed by atoms with van der Waals surface area (Å²) in [7, 11) is 0. The van der Waals surface area contributed by atoms with Gasteiger partial charge < -0.3 is 5.32 Å². The predicted molar refractivity (Wildman–Crippen MR) is 98.2 cm³/mol. The number of carbonyl (C=O) groups excluding carboxylic acids is 1. The minimum absolute atomic E-state index is 0.223. The highest BCUT2D eigenvalue weighted by Crippen LogP contribution is 2.16. The van der Waals surface area contributed by atoms with E-state index < -0.39 is 0 Å². The topological polar surface area (TPSA) is 32.3 Å². The largest absolute Gasteiger partial charge is 0.348 e. The molecule has 0 saturated carbocycles. The van der Waals surface area contributed by atoms with E-state index in [4.69, 9.17) is 0 Å². The van der Waals surface area contributed by atoms with Crippen molar-refractivity contribution in [1.29, 1.82) is 0 Å². The van der Waals surface area contributed by atoms with Crippen molar-refractivity contribution in [3.63, 3.8) is 0 Å². The lowest BCUT2D eigenvalue weighted by atomic mass is 10.1. The Morgan fingerprint density at radius 2 is 1.72 bits per heavy atom. The molecule has 0 aromatic heterocycles. The summed E-state index contributed by atoms with van der Waals surface area (Å²) in [4.78, 5) is 14.5. The first-order valence-electron chi connectivity index (χ1n) is 8.72. The predicted octanol–water partition coefficient (Wildman–Crippen LogP) is 3.75. The molecule has 1 saturated heterocycles. The van der Waals surface area contributed by atoms with Gasteiger partial charge in [0.25, 0.3) is 0 Å². The summed E-state index contributed by atoms with van der Waals surface area (Å²) in [6.45, 7) is 3.69. The summed E-state index contributed by atoms with van der Waals surface area (Å²) in [5.74, 6) is -0.554. The number of rotatable bonds is 6. The van der Waals surface area contributed by atoms with Crippen LogP contribution in [0.2, 0.25) is 0 Å². The van der Waals surface area contributed by atoms with Crippen molar-refractivity contribution in [2.24, 2.45) is 0 Å². The summed E-state index contributed by atoms with van der Waals surface area (Å²) in [6, 6.07) is 14.6. The van der Waals surface area contributed by atoms with Gasteiger partial charge in [-0.1, -0.05) is 42.5 Å². The molecule has 0 unspecified atom stereocenters. The van der Waals surface area contributed by atoms with E-state index in [-0.39, 0.29) is 11.7 Å². The Kier molecular flexibility index (Phi) is 5.96. The first-order chi connectivity index (χ1) is 12.2. The van der Waals surface area contributed by atoms with Crippen molar-refractivity contribution in [3.8, 4) is 0 Å². The maximum Gasteiger partial charge on any atom is 0.244 e. The van der Waals surface area contributed by atoms with E-state index >= 15 is 0 Å². The van der Waals surface area contributed by atoms with Crippen LogP contribution >= 0.6 is 0 Å². The fourth-order valence-corrected chi connectivity index (χ4v) is 3.08. The van der Waals surface area contributed by atoms with Gasteiger partial charge in [0.05, 0.1) is 0 Å². The lowest BCUT2D eigenvalue weighted by molar-refractivity contribution is -0.116. The highest BCUT2D eigenvalue weighted by atomic mass is 19.1. The van der Waals surface area contributed by atoms with E-state index in [1.807, 2.05) is 18.2 Å². The molecule has 0 aliphatic carbocycles. The standard InChI is InChI=1S/C21H23FN2O/c22-20-10-4-3-7-17(20)11-12-21(25)23-15-18-8-1-2-9-19(18)16-24-13-5-6-14-24/h1-4,7-12H,5-6,13-16H2,(H,23,25)/b12-11+. The third-order valence-corrected chi connectivity index (χ3v) is 4.48. The van der Waals surface area contributed by atoms with E-state index in [9.17, 15) is 9.18 Å². The zero-order chi connectivity index (χ0) is 17.5. The van der Waals surface area contributed by atoms with Crippen molar-refractivity contribution in [2.75, 3.05) is 13.1 Å². The smallest absolute Gasteiger partial charge is 0.244 e. The molecule has 2 aromatic rings. The van der Waals surface area contributed by atoms with Crippen molar-refractivity contribution < 1.29 is 9.18 Å². The summed E-state index contributed by atoms with van der Waals surface area (Å²) in [5, 5.41) is 2.89. The minimum Gasteiger partial charge on any atom is -0.348 e. The molecule has 1 aliphatic rings. The molecule has 2 aromatic carbocycles. The molecule has 1 heterocycles. The number of halogens is 1. The second-order valence-electron chi connectivity index (χ2n) is 6.32. The maximum atomic E-state index is 13.5. The molecule has 0 bridgehead atoms. The average molecular weight is 338 g/mol. The SMILES string of the molecule is O=C(/C=C/c1ccccc1F)NCc1ccccc1CN1CCCC1. The highest BCUT2D eigenvalue weighted by molar-refractivity contribution is 5.91. The number of nitrogens with one attached hydrogen (secondary N) is 1. The Hall–Kier alpha value is -2.46. The highest BCUT2D eigenvalue weighted by Gasteiger charge is 2.13. The second-order valence-corrected chi connectivity index (χ2v) is 6.32. The lowest BCUT2D eigenvalue weighted by Crippen LogP contribution is -2.23. The summed E-state index contributed by atoms with van der Waals surface area (Å²) in [5.41, 5.74) is 2.79. The Balaban J connectivity index is 1.57. The molecule has 3 nitrogen and oxygen atoms in total. The van der Waals surface area contributed by atoms with Crippen molar-refractivity contribution in [1.82, 2.24) is 10.2 Å². The van der Waals surface area contributed by atoms with E-state index in [1.165, 1.54) is 36.6 Å². The number of hydrogen-bond donors (Lipinski definition) is 1. The molecule has 4 heteroatoms. The van der Waals surface area contributed by atoms with Gasteiger partial charge in [0, 0.05) is 24.7 Å². The van der Waals surface area contributed by atoms with Gasteiger partial charge in [-0.2, -0.15) is 0 Å². The molecule has 1 fully saturated rings. The van der Waals surface area contributed by atoms with Crippen LogP contribution in [-0.4, -0.2) is 23.9 Å². The second kappa shape index (κ2) is 8.58. The van der Waals surface area contributed by atoms with Crippen LogP contribution in [0.4, 0.5) is 4.39 Å². The molecular formula is C21H23FN2O. The molecule has 1 aliphatic heterocycles. The fourth-order valence-electron chi connectivity index (χ4n) is 3.08. The number of nitrogens with zero attached hydrogens (tertiary/aromatic N) is 1. The maximum absolute atomic E-state index is 13.5. The first kappa shape index (κ1) is 17.4. The number of amides is 1. The summed E-state index contributed by atoms with van der Waals surface area (Å²) >= 11 is 0. The van der Waals surface area contributed by atoms with Gasteiger partial charge in [-0.15, -0.1) is 0 Å². The third-order valence-electron chi connectivity index (χ3n) is 4.48. The van der Waals surface area contributed by atoms with Crippen molar-refractivity contribution in [2.45, 2.75) is 25.9 Å². The molecule has 0 radical (unpaired) electrons. The minimum atomic E-state index is -0.331. The van der Waals surface area contributed by atoms with E-state index in [1.54, 1.807) is 18.2 Å². The van der Waals surface area contributed by atoms with Crippen LogP contribution in [0, 0.1) is 5.82 Å². The molecule has 3 rings (SSSR count). The van der Waals surface area contributed by atoms with Crippen LogP contribution in [0.5, 0.6) is 0 Å². The summed E-state index contributed by atoms with van der Waals surface area (Å²) in [6.07, 6.45) is 5.40. The fraction of sp³-hybridized carbons (Fsp3) is 0.286. The molecular weight excluding hydrogens is 315 g/mol. The molecule has 0 spiro atoms. The average Bonchev–Trinajstić information content (AvgIpc) is 3.13. The Bertz CT molecular complexity index is 751. The van der Waals surface area contributed by atoms with E-state index in [0.29, 0.717) is 12.1 Å². The Morgan fingerprint density at radius 3 is 2.48 bits per heavy atom. The van der Waals surface area contributed by atoms with Crippen molar-refractivity contribution >= 4 is 12.0 Å². The van der Waals surface area contributed by atoms with E-state index in [2.05, 4.69) is 16.3 Å². The molecule has 1 amide bonds. The van der Waals surface area contributed by atoms with E-state index in [0.717, 1.165) is 25.2 Å². The van der Waals surface area contributed by atoms with Gasteiger partial charge in [0.15, 0.2) is 0 Å². The number of hydrogen-bond acceptors (Lipinski definition) is 2. The van der Waals surface area contributed by atoms with Crippen LogP contribution < -0.4 is 5.32 Å². The Labute approximate surface area is 148 Å². The van der Waals surface area contributed by atoms with Gasteiger partial charge in [0.2, 0.25) is 5.91 Å². The first-order valence-corrected chi connectivity index (χ1v) is 8.72. The van der Waals surface area contributed by atoms with Crippen LogP contribution in [0.15, 0.2) is 54.6 Å². The summed E-state index contributed by atoms with van der Waals surface area (Å²) < 4.78 is 13.5. The molecule has 130 valence electrons. The number of benzene rings is 2. The quantitative estimate of drug-likeness (QED) is 0.814. The van der Waals surface area contributed by atoms with Gasteiger partial charge in [-0.25, -0.2) is 4.39 Å².